The van der Waals surface area contributed by atoms with Gasteiger partial charge in [-0.3, -0.25) is 9.59 Å². The number of amides is 2. The van der Waals surface area contributed by atoms with Crippen LogP contribution in [0.25, 0.3) is 0 Å². The van der Waals surface area contributed by atoms with Crippen molar-refractivity contribution in [3.8, 4) is 0 Å². The molecule has 2 amide bonds. The summed E-state index contributed by atoms with van der Waals surface area (Å²) >= 11 is 0. The largest absolute Gasteiger partial charge is 0.391 e. The Morgan fingerprint density at radius 2 is 1.52 bits per heavy atom. The number of unbranched alkanes of at least 4 members (excludes halogenated alkanes) is 7. The number of nitrogens with one attached hydrogen (secondary N) is 2. The van der Waals surface area contributed by atoms with E-state index in [4.69, 9.17) is 9.47 Å². The Bertz CT molecular complexity index is 1330. The summed E-state index contributed by atoms with van der Waals surface area (Å²) in [5, 5.41) is 57.3. The average Bonchev–Trinajstić information content (AvgIpc) is 3.07. The van der Waals surface area contributed by atoms with Gasteiger partial charge in [-0.25, -0.2) is 8.78 Å². The van der Waals surface area contributed by atoms with Crippen molar-refractivity contribution in [2.24, 2.45) is 0 Å². The first kappa shape index (κ1) is 41.4. The fourth-order valence-electron chi connectivity index (χ4n) is 5.92. The van der Waals surface area contributed by atoms with Gasteiger partial charge in [0.25, 0.3) is 0 Å². The van der Waals surface area contributed by atoms with Gasteiger partial charge in [0.15, 0.2) is 17.9 Å². The third-order valence-corrected chi connectivity index (χ3v) is 8.91. The lowest BCUT2D eigenvalue weighted by Crippen LogP contribution is -2.61. The van der Waals surface area contributed by atoms with E-state index in [9.17, 15) is 43.9 Å². The molecule has 1 aliphatic rings. The highest BCUT2D eigenvalue weighted by Crippen LogP contribution is 2.23. The summed E-state index contributed by atoms with van der Waals surface area (Å²) in [6, 6.07) is 10.4. The van der Waals surface area contributed by atoms with E-state index < -0.39 is 60.6 Å². The van der Waals surface area contributed by atoms with Crippen molar-refractivity contribution in [1.29, 1.82) is 0 Å². The maximum atomic E-state index is 13.3. The van der Waals surface area contributed by atoms with E-state index in [-0.39, 0.29) is 37.8 Å². The first-order chi connectivity index (χ1) is 23.8. The molecule has 1 saturated heterocycles. The maximum Gasteiger partial charge on any atom is 0.224 e. The number of halogens is 2. The van der Waals surface area contributed by atoms with Crippen LogP contribution in [0.4, 0.5) is 8.78 Å². The number of benzene rings is 2. The van der Waals surface area contributed by atoms with Gasteiger partial charge in [-0.2, -0.15) is 0 Å². The molecule has 11 nitrogen and oxygen atoms in total. The lowest BCUT2D eigenvalue weighted by atomic mass is 9.98. The van der Waals surface area contributed by atoms with Gasteiger partial charge in [0.05, 0.1) is 25.2 Å². The Labute approximate surface area is 293 Å². The highest BCUT2D eigenvalue weighted by Gasteiger charge is 2.44. The molecule has 0 bridgehead atoms. The smallest absolute Gasteiger partial charge is 0.224 e. The summed E-state index contributed by atoms with van der Waals surface area (Å²) in [5.74, 6) is -2.35. The first-order valence-corrected chi connectivity index (χ1v) is 17.6. The molecule has 3 unspecified atom stereocenters. The Kier molecular flexibility index (Phi) is 17.7. The molecule has 8 atom stereocenters. The van der Waals surface area contributed by atoms with Crippen LogP contribution in [0, 0.1) is 18.6 Å². The first-order valence-electron chi connectivity index (χ1n) is 17.6. The predicted octanol–water partition coefficient (Wildman–Crippen LogP) is 2.74. The summed E-state index contributed by atoms with van der Waals surface area (Å²) < 4.78 is 37.7. The molecule has 0 aromatic heterocycles. The normalized spacial score (nSPS) is 22.5. The molecule has 13 heteroatoms. The van der Waals surface area contributed by atoms with Crippen LogP contribution in [-0.4, -0.2) is 99.5 Å². The van der Waals surface area contributed by atoms with E-state index in [1.165, 1.54) is 13.0 Å². The molecule has 0 saturated carbocycles. The number of hydrogen-bond donors (Lipinski definition) is 7. The minimum absolute atomic E-state index is 0.0974. The molecule has 2 aromatic rings. The van der Waals surface area contributed by atoms with Crippen molar-refractivity contribution >= 4 is 11.8 Å². The predicted molar refractivity (Wildman–Crippen MR) is 182 cm³/mol. The number of rotatable bonds is 21. The minimum atomic E-state index is -1.66. The van der Waals surface area contributed by atoms with Crippen molar-refractivity contribution in [3.63, 3.8) is 0 Å². The van der Waals surface area contributed by atoms with Gasteiger partial charge in [-0.15, -0.1) is 0 Å². The van der Waals surface area contributed by atoms with E-state index in [1.54, 1.807) is 6.07 Å². The standard InChI is InChI=1S/C37H54F2N2O9/c1-23-12-11-14-26(18-23)20-32(44)40-21-30-34(46)35(47)36(48)37(50-30)49-22-29(33(45)24(2)42)41-31(43)15-10-8-6-4-3-5-7-9-13-25-16-17-27(38)28(39)19-25/h11-12,14,16-19,24,29-30,33-37,42,45-48H,3-10,13,15,20-22H2,1-2H3,(H,40,44)(H,41,43)/t24-,29+,30?,33-,34+,35?,36?,37+/m1/s1. The van der Waals surface area contributed by atoms with E-state index in [0.717, 1.165) is 67.7 Å². The fourth-order valence-corrected chi connectivity index (χ4v) is 5.92. The summed E-state index contributed by atoms with van der Waals surface area (Å²) in [7, 11) is 0. The lowest BCUT2D eigenvalue weighted by Gasteiger charge is -2.41. The van der Waals surface area contributed by atoms with Crippen molar-refractivity contribution in [3.05, 3.63) is 70.8 Å². The minimum Gasteiger partial charge on any atom is -0.391 e. The summed E-state index contributed by atoms with van der Waals surface area (Å²) in [5.41, 5.74) is 2.60. The Morgan fingerprint density at radius 3 is 2.18 bits per heavy atom. The number of ether oxygens (including phenoxy) is 2. The van der Waals surface area contributed by atoms with Gasteiger partial charge in [-0.05, 0) is 56.4 Å². The Morgan fingerprint density at radius 1 is 0.840 bits per heavy atom. The summed E-state index contributed by atoms with van der Waals surface area (Å²) in [6.45, 7) is 2.71. The maximum absolute atomic E-state index is 13.3. The number of carbonyl (C=O) groups excluding carboxylic acids is 2. The van der Waals surface area contributed by atoms with E-state index >= 15 is 0 Å². The zero-order valence-corrected chi connectivity index (χ0v) is 29.0. The van der Waals surface area contributed by atoms with Crippen LogP contribution in [0.3, 0.4) is 0 Å². The topological polar surface area (TPSA) is 178 Å². The number of hydrogen-bond acceptors (Lipinski definition) is 9. The van der Waals surface area contributed by atoms with E-state index in [1.807, 2.05) is 31.2 Å². The van der Waals surface area contributed by atoms with E-state index in [2.05, 4.69) is 10.6 Å². The monoisotopic (exact) mass is 708 g/mol. The van der Waals surface area contributed by atoms with Crippen LogP contribution in [0.2, 0.25) is 0 Å². The SMILES string of the molecule is Cc1cccc(CC(=O)NCC2O[C@H](OC[C@H](NC(=O)CCCCCCCCCCc3ccc(F)c(F)c3)[C@H](O)[C@@H](C)O)C(O)C(O)[C@H]2O)c1. The molecular weight excluding hydrogens is 654 g/mol. The molecule has 0 aliphatic carbocycles. The molecule has 50 heavy (non-hydrogen) atoms. The summed E-state index contributed by atoms with van der Waals surface area (Å²) in [4.78, 5) is 25.2. The number of carbonyl (C=O) groups is 2. The highest BCUT2D eigenvalue weighted by molar-refractivity contribution is 5.78. The van der Waals surface area contributed by atoms with Crippen molar-refractivity contribution in [2.45, 2.75) is 133 Å². The number of aliphatic hydroxyl groups is 5. The number of aryl methyl sites for hydroxylation is 2. The van der Waals surface area contributed by atoms with Gasteiger partial charge in [0.2, 0.25) is 11.8 Å². The molecule has 1 fully saturated rings. The average molecular weight is 709 g/mol. The zero-order chi connectivity index (χ0) is 36.6. The second-order valence-corrected chi connectivity index (χ2v) is 13.3. The molecular formula is C37H54F2N2O9. The zero-order valence-electron chi connectivity index (χ0n) is 29.0. The molecule has 0 radical (unpaired) electrons. The lowest BCUT2D eigenvalue weighted by molar-refractivity contribution is -0.297. The third-order valence-electron chi connectivity index (χ3n) is 8.91. The highest BCUT2D eigenvalue weighted by atomic mass is 19.2. The van der Waals surface area contributed by atoms with Gasteiger partial charge in [0.1, 0.15) is 30.5 Å². The number of aliphatic hydroxyl groups excluding tert-OH is 5. The molecule has 7 N–H and O–H groups in total. The van der Waals surface area contributed by atoms with Gasteiger partial charge in [0, 0.05) is 13.0 Å². The molecule has 3 rings (SSSR count). The van der Waals surface area contributed by atoms with Crippen LogP contribution < -0.4 is 10.6 Å². The fraction of sp³-hybridized carbons (Fsp3) is 0.622. The van der Waals surface area contributed by atoms with Crippen LogP contribution in [0.15, 0.2) is 42.5 Å². The quantitative estimate of drug-likeness (QED) is 0.0962. The Hall–Kier alpha value is -3.04. The van der Waals surface area contributed by atoms with Gasteiger partial charge < -0.3 is 45.6 Å². The van der Waals surface area contributed by atoms with Gasteiger partial charge >= 0.3 is 0 Å². The van der Waals surface area contributed by atoms with Crippen LogP contribution in [0.5, 0.6) is 0 Å². The molecule has 1 aliphatic heterocycles. The van der Waals surface area contributed by atoms with Crippen molar-refractivity contribution in [2.75, 3.05) is 13.2 Å². The molecule has 1 heterocycles. The molecule has 2 aromatic carbocycles. The Balaban J connectivity index is 1.36. The van der Waals surface area contributed by atoms with Crippen molar-refractivity contribution < 1.29 is 53.4 Å². The van der Waals surface area contributed by atoms with Crippen LogP contribution in [-0.2, 0) is 31.9 Å². The second-order valence-electron chi connectivity index (χ2n) is 13.3. The van der Waals surface area contributed by atoms with Gasteiger partial charge in [-0.1, -0.05) is 74.4 Å². The second kappa shape index (κ2) is 21.4. The molecule has 280 valence electrons. The van der Waals surface area contributed by atoms with Crippen molar-refractivity contribution in [1.82, 2.24) is 10.6 Å². The van der Waals surface area contributed by atoms with E-state index in [0.29, 0.717) is 12.8 Å². The molecule has 0 spiro atoms. The van der Waals surface area contributed by atoms with Crippen LogP contribution >= 0.6 is 0 Å². The van der Waals surface area contributed by atoms with Crippen LogP contribution in [0.1, 0.15) is 81.4 Å². The third kappa shape index (κ3) is 13.9. The summed E-state index contributed by atoms with van der Waals surface area (Å²) in [6.07, 6.45) is -1.72.